The number of methoxy groups -OCH3 is 1. The predicted molar refractivity (Wildman–Crippen MR) is 84.3 cm³/mol. The van der Waals surface area contributed by atoms with E-state index in [1.807, 2.05) is 11.8 Å². The number of aromatic nitrogens is 2. The van der Waals surface area contributed by atoms with Gasteiger partial charge in [-0.3, -0.25) is 14.7 Å². The Balaban J connectivity index is 1.55. The van der Waals surface area contributed by atoms with E-state index in [1.165, 1.54) is 0 Å². The summed E-state index contributed by atoms with van der Waals surface area (Å²) in [6, 6.07) is 0.374. The van der Waals surface area contributed by atoms with E-state index in [9.17, 15) is 4.79 Å². The smallest absolute Gasteiger partial charge is 0.274 e. The van der Waals surface area contributed by atoms with Crippen molar-refractivity contribution in [2.75, 3.05) is 46.5 Å². The maximum atomic E-state index is 12.5. The third kappa shape index (κ3) is 3.85. The first-order chi connectivity index (χ1) is 11.2. The summed E-state index contributed by atoms with van der Waals surface area (Å²) >= 11 is 0. The second-order valence-electron chi connectivity index (χ2n) is 6.16. The van der Waals surface area contributed by atoms with Gasteiger partial charge in [-0.15, -0.1) is 0 Å². The van der Waals surface area contributed by atoms with Crippen molar-refractivity contribution in [3.63, 3.8) is 0 Å². The maximum Gasteiger partial charge on any atom is 0.274 e. The highest BCUT2D eigenvalue weighted by atomic mass is 16.5. The molecule has 23 heavy (non-hydrogen) atoms. The normalized spacial score (nSPS) is 24.7. The van der Waals surface area contributed by atoms with Gasteiger partial charge in [0, 0.05) is 45.5 Å². The molecule has 1 aromatic heterocycles. The molecular weight excluding hydrogens is 296 g/mol. The maximum absolute atomic E-state index is 12.5. The molecule has 1 aromatic rings. The van der Waals surface area contributed by atoms with Gasteiger partial charge in [0.2, 0.25) is 0 Å². The van der Waals surface area contributed by atoms with Crippen LogP contribution in [0.5, 0.6) is 0 Å². The number of carbonyl (C=O) groups is 1. The molecule has 0 unspecified atom stereocenters. The van der Waals surface area contributed by atoms with Crippen molar-refractivity contribution in [2.24, 2.45) is 0 Å². The number of nitrogens with zero attached hydrogens (tertiary/aromatic N) is 4. The number of amides is 1. The van der Waals surface area contributed by atoms with Crippen LogP contribution in [0.15, 0.2) is 12.4 Å². The van der Waals surface area contributed by atoms with Gasteiger partial charge < -0.3 is 14.4 Å². The molecule has 2 aliphatic heterocycles. The summed E-state index contributed by atoms with van der Waals surface area (Å²) in [6.07, 6.45) is 4.41. The number of piperazine rings is 1. The fourth-order valence-electron chi connectivity index (χ4n) is 3.26. The molecule has 7 heteroatoms. The molecule has 7 nitrogen and oxygen atoms in total. The molecule has 126 valence electrons. The van der Waals surface area contributed by atoms with Crippen molar-refractivity contribution in [3.8, 4) is 0 Å². The van der Waals surface area contributed by atoms with Crippen molar-refractivity contribution >= 4 is 5.91 Å². The Morgan fingerprint density at radius 3 is 2.87 bits per heavy atom. The summed E-state index contributed by atoms with van der Waals surface area (Å²) in [5.41, 5.74) is 1.24. The predicted octanol–water partition coefficient (Wildman–Crippen LogP) is 0.347. The molecule has 0 aromatic carbocycles. The lowest BCUT2D eigenvalue weighted by Gasteiger charge is -2.37. The van der Waals surface area contributed by atoms with Crippen LogP contribution in [0.4, 0.5) is 0 Å². The molecule has 2 atom stereocenters. The lowest BCUT2D eigenvalue weighted by Crippen LogP contribution is -2.52. The fourth-order valence-corrected chi connectivity index (χ4v) is 3.26. The van der Waals surface area contributed by atoms with Crippen molar-refractivity contribution < 1.29 is 14.3 Å². The lowest BCUT2D eigenvalue weighted by atomic mass is 10.1. The summed E-state index contributed by atoms with van der Waals surface area (Å²) in [4.78, 5) is 25.2. The number of ether oxygens (including phenoxy) is 2. The first-order valence-corrected chi connectivity index (χ1v) is 8.10. The Labute approximate surface area is 136 Å². The quantitative estimate of drug-likeness (QED) is 0.729. The molecule has 1 amide bonds. The second kappa shape index (κ2) is 7.33. The van der Waals surface area contributed by atoms with Crippen LogP contribution in [0.3, 0.4) is 0 Å². The zero-order valence-electron chi connectivity index (χ0n) is 13.8. The molecule has 0 aliphatic carbocycles. The summed E-state index contributed by atoms with van der Waals surface area (Å²) in [5.74, 6) is -0.0269. The fraction of sp³-hybridized carbons (Fsp3) is 0.688. The first-order valence-electron chi connectivity index (χ1n) is 8.10. The minimum Gasteiger partial charge on any atom is -0.382 e. The van der Waals surface area contributed by atoms with Gasteiger partial charge in [-0.25, -0.2) is 4.98 Å². The van der Waals surface area contributed by atoms with Crippen molar-refractivity contribution in [3.05, 3.63) is 23.8 Å². The van der Waals surface area contributed by atoms with E-state index in [4.69, 9.17) is 9.47 Å². The minimum absolute atomic E-state index is 0.0269. The van der Waals surface area contributed by atoms with Crippen LogP contribution in [-0.2, 0) is 9.47 Å². The average molecular weight is 320 g/mol. The topological polar surface area (TPSA) is 67.8 Å². The lowest BCUT2D eigenvalue weighted by molar-refractivity contribution is 0.0220. The standard InChI is InChI=1S/C16H24N4O3/c1-12-8-18-15(9-17-12)16(21)20-4-3-19-11-14(7-13(19)10-20)23-6-5-22-2/h8-9,13-14H,3-7,10-11H2,1-2H3/t13-,14-/m1/s1. The molecule has 0 radical (unpaired) electrons. The van der Waals surface area contributed by atoms with Crippen LogP contribution < -0.4 is 0 Å². The molecule has 3 heterocycles. The van der Waals surface area contributed by atoms with Gasteiger partial charge in [-0.1, -0.05) is 0 Å². The van der Waals surface area contributed by atoms with E-state index in [2.05, 4.69) is 14.9 Å². The zero-order valence-corrected chi connectivity index (χ0v) is 13.8. The Kier molecular flexibility index (Phi) is 5.20. The van der Waals surface area contributed by atoms with Gasteiger partial charge in [-0.05, 0) is 13.3 Å². The summed E-state index contributed by atoms with van der Waals surface area (Å²) in [6.45, 7) is 6.41. The molecule has 2 fully saturated rings. The Morgan fingerprint density at radius 2 is 2.13 bits per heavy atom. The third-order valence-electron chi connectivity index (χ3n) is 4.51. The second-order valence-corrected chi connectivity index (χ2v) is 6.16. The number of aryl methyl sites for hydroxylation is 1. The van der Waals surface area contributed by atoms with Gasteiger partial charge in [0.15, 0.2) is 0 Å². The molecule has 0 saturated carbocycles. The van der Waals surface area contributed by atoms with E-state index in [0.29, 0.717) is 24.9 Å². The summed E-state index contributed by atoms with van der Waals surface area (Å²) in [7, 11) is 1.68. The minimum atomic E-state index is -0.0269. The Bertz CT molecular complexity index is 537. The van der Waals surface area contributed by atoms with Gasteiger partial charge >= 0.3 is 0 Å². The SMILES string of the molecule is COCCO[C@@H]1C[C@@H]2CN(C(=O)c3cnc(C)cn3)CCN2C1. The average Bonchev–Trinajstić information content (AvgIpc) is 2.97. The van der Waals surface area contributed by atoms with Gasteiger partial charge in [0.1, 0.15) is 5.69 Å². The number of hydrogen-bond acceptors (Lipinski definition) is 6. The molecule has 2 saturated heterocycles. The van der Waals surface area contributed by atoms with Crippen LogP contribution in [-0.4, -0.2) is 84.3 Å². The van der Waals surface area contributed by atoms with Crippen LogP contribution in [0, 0.1) is 6.92 Å². The summed E-state index contributed by atoms with van der Waals surface area (Å²) < 4.78 is 10.9. The molecule has 0 bridgehead atoms. The van der Waals surface area contributed by atoms with Crippen molar-refractivity contribution in [1.29, 1.82) is 0 Å². The van der Waals surface area contributed by atoms with Crippen LogP contribution >= 0.6 is 0 Å². The molecule has 0 N–H and O–H groups in total. The van der Waals surface area contributed by atoms with E-state index in [-0.39, 0.29) is 12.0 Å². The van der Waals surface area contributed by atoms with E-state index < -0.39 is 0 Å². The van der Waals surface area contributed by atoms with E-state index in [0.717, 1.165) is 38.3 Å². The van der Waals surface area contributed by atoms with E-state index >= 15 is 0 Å². The van der Waals surface area contributed by atoms with Crippen LogP contribution in [0.1, 0.15) is 22.6 Å². The van der Waals surface area contributed by atoms with Crippen LogP contribution in [0.25, 0.3) is 0 Å². The number of fused-ring (bicyclic) bond motifs is 1. The number of rotatable bonds is 5. The first kappa shape index (κ1) is 16.3. The molecule has 3 rings (SSSR count). The van der Waals surface area contributed by atoms with Crippen molar-refractivity contribution in [1.82, 2.24) is 19.8 Å². The largest absolute Gasteiger partial charge is 0.382 e. The molecular formula is C16H24N4O3. The number of carbonyl (C=O) groups excluding carboxylic acids is 1. The van der Waals surface area contributed by atoms with Crippen molar-refractivity contribution in [2.45, 2.75) is 25.5 Å². The highest BCUT2D eigenvalue weighted by Crippen LogP contribution is 2.24. The Hall–Kier alpha value is -1.57. The van der Waals surface area contributed by atoms with Gasteiger partial charge in [0.05, 0.1) is 31.2 Å². The number of hydrogen-bond donors (Lipinski definition) is 0. The zero-order chi connectivity index (χ0) is 16.2. The third-order valence-corrected chi connectivity index (χ3v) is 4.51. The van der Waals surface area contributed by atoms with Gasteiger partial charge in [-0.2, -0.15) is 0 Å². The highest BCUT2D eigenvalue weighted by molar-refractivity contribution is 5.92. The summed E-state index contributed by atoms with van der Waals surface area (Å²) in [5, 5.41) is 0. The van der Waals surface area contributed by atoms with E-state index in [1.54, 1.807) is 19.5 Å². The molecule has 2 aliphatic rings. The molecule has 0 spiro atoms. The van der Waals surface area contributed by atoms with Crippen LogP contribution in [0.2, 0.25) is 0 Å². The Morgan fingerprint density at radius 1 is 1.26 bits per heavy atom. The highest BCUT2D eigenvalue weighted by Gasteiger charge is 2.38. The van der Waals surface area contributed by atoms with Gasteiger partial charge in [0.25, 0.3) is 5.91 Å². The monoisotopic (exact) mass is 320 g/mol.